The van der Waals surface area contributed by atoms with Crippen LogP contribution in [0.25, 0.3) is 0 Å². The number of Topliss-reactive ketones (excluding diaryl/α,β-unsaturated/α-hetero) is 1. The number of anilines is 2. The van der Waals surface area contributed by atoms with Gasteiger partial charge in [0.2, 0.25) is 5.95 Å². The van der Waals surface area contributed by atoms with E-state index in [0.29, 0.717) is 17.0 Å². The Bertz CT molecular complexity index is 1430. The number of sulfonamides is 1. The molecule has 2 N–H and O–H groups in total. The van der Waals surface area contributed by atoms with E-state index in [1.165, 1.54) is 24.5 Å². The molecule has 36 heavy (non-hydrogen) atoms. The van der Waals surface area contributed by atoms with E-state index in [0.717, 1.165) is 10.0 Å². The van der Waals surface area contributed by atoms with E-state index < -0.39 is 10.0 Å². The molecule has 0 radical (unpaired) electrons. The molecule has 0 saturated carbocycles. The second-order valence-electron chi connectivity index (χ2n) is 7.81. The van der Waals surface area contributed by atoms with E-state index in [1.807, 2.05) is 36.4 Å². The Balaban J connectivity index is 1.56. The van der Waals surface area contributed by atoms with Crippen LogP contribution in [0.3, 0.4) is 0 Å². The quantitative estimate of drug-likeness (QED) is 0.245. The third-order valence-corrected chi connectivity index (χ3v) is 7.22. The van der Waals surface area contributed by atoms with E-state index in [4.69, 9.17) is 4.74 Å². The molecule has 4 aromatic rings. The summed E-state index contributed by atoms with van der Waals surface area (Å²) >= 11 is 3.39. The van der Waals surface area contributed by atoms with Crippen LogP contribution in [0, 0.1) is 0 Å². The lowest BCUT2D eigenvalue weighted by Gasteiger charge is -2.21. The van der Waals surface area contributed by atoms with Crippen LogP contribution in [0.2, 0.25) is 0 Å². The SMILES string of the molecule is COc1cccc(C(CC(=O)c2ccc(Br)cc2)Nc2ccc(S(=O)(=O)Nc3ncccn3)cc2)c1. The first kappa shape index (κ1) is 25.3. The Morgan fingerprint density at radius 3 is 2.33 bits per heavy atom. The van der Waals surface area contributed by atoms with Crippen LogP contribution in [-0.4, -0.2) is 31.3 Å². The maximum absolute atomic E-state index is 13.1. The summed E-state index contributed by atoms with van der Waals surface area (Å²) in [5, 5.41) is 3.36. The molecule has 1 heterocycles. The number of hydrogen-bond donors (Lipinski definition) is 2. The van der Waals surface area contributed by atoms with Gasteiger partial charge in [-0.05, 0) is 60.2 Å². The fourth-order valence-electron chi connectivity index (χ4n) is 3.51. The average Bonchev–Trinajstić information content (AvgIpc) is 2.89. The van der Waals surface area contributed by atoms with Gasteiger partial charge in [0.25, 0.3) is 10.0 Å². The first-order chi connectivity index (χ1) is 17.3. The number of carbonyl (C=O) groups excluding carboxylic acids is 1. The van der Waals surface area contributed by atoms with Gasteiger partial charge in [0, 0.05) is 34.5 Å². The van der Waals surface area contributed by atoms with Gasteiger partial charge >= 0.3 is 0 Å². The molecule has 0 spiro atoms. The highest BCUT2D eigenvalue weighted by atomic mass is 79.9. The standard InChI is InChI=1S/C26H23BrN4O4S/c1-35-22-5-2-4-19(16-22)24(17-25(32)18-6-8-20(27)9-7-18)30-21-10-12-23(13-11-21)36(33,34)31-26-28-14-3-15-29-26/h2-16,24,30H,17H2,1H3,(H,28,29,31). The van der Waals surface area contributed by atoms with Crippen LogP contribution in [0.1, 0.15) is 28.4 Å². The number of halogens is 1. The van der Waals surface area contributed by atoms with Crippen molar-refractivity contribution in [1.82, 2.24) is 9.97 Å². The highest BCUT2D eigenvalue weighted by molar-refractivity contribution is 9.10. The summed E-state index contributed by atoms with van der Waals surface area (Å²) in [6.07, 6.45) is 3.08. The third-order valence-electron chi connectivity index (χ3n) is 5.35. The van der Waals surface area contributed by atoms with Crippen LogP contribution in [0.4, 0.5) is 11.6 Å². The minimum absolute atomic E-state index is 0.00996. The van der Waals surface area contributed by atoms with Crippen LogP contribution in [0.15, 0.2) is 101 Å². The molecule has 1 aromatic heterocycles. The number of ether oxygens (including phenoxy) is 1. The number of ketones is 1. The molecular formula is C26H23BrN4O4S. The molecule has 10 heteroatoms. The van der Waals surface area contributed by atoms with Gasteiger partial charge in [-0.3, -0.25) is 4.79 Å². The number of hydrogen-bond acceptors (Lipinski definition) is 7. The van der Waals surface area contributed by atoms with Crippen LogP contribution in [0.5, 0.6) is 5.75 Å². The predicted octanol–water partition coefficient (Wildman–Crippen LogP) is 5.47. The van der Waals surface area contributed by atoms with Crippen LogP contribution < -0.4 is 14.8 Å². The highest BCUT2D eigenvalue weighted by Crippen LogP contribution is 2.28. The molecule has 3 aromatic carbocycles. The lowest BCUT2D eigenvalue weighted by atomic mass is 9.97. The zero-order valence-electron chi connectivity index (χ0n) is 19.3. The maximum atomic E-state index is 13.1. The number of carbonyl (C=O) groups is 1. The Kier molecular flexibility index (Phi) is 7.97. The smallest absolute Gasteiger partial charge is 0.264 e. The monoisotopic (exact) mass is 566 g/mol. The zero-order valence-corrected chi connectivity index (χ0v) is 21.7. The second kappa shape index (κ2) is 11.3. The summed E-state index contributed by atoms with van der Waals surface area (Å²) in [6.45, 7) is 0. The van der Waals surface area contributed by atoms with Crippen molar-refractivity contribution in [2.75, 3.05) is 17.1 Å². The van der Waals surface area contributed by atoms with E-state index in [-0.39, 0.29) is 29.1 Å². The molecule has 0 aliphatic heterocycles. The van der Waals surface area contributed by atoms with Crippen molar-refractivity contribution in [3.63, 3.8) is 0 Å². The predicted molar refractivity (Wildman–Crippen MR) is 142 cm³/mol. The van der Waals surface area contributed by atoms with E-state index in [2.05, 4.69) is 35.9 Å². The highest BCUT2D eigenvalue weighted by Gasteiger charge is 2.20. The van der Waals surface area contributed by atoms with Gasteiger partial charge in [0.15, 0.2) is 5.78 Å². The van der Waals surface area contributed by atoms with Gasteiger partial charge in [-0.1, -0.05) is 40.2 Å². The lowest BCUT2D eigenvalue weighted by Crippen LogP contribution is -2.17. The second-order valence-corrected chi connectivity index (χ2v) is 10.4. The molecule has 0 aliphatic rings. The fourth-order valence-corrected chi connectivity index (χ4v) is 4.73. The Hall–Kier alpha value is -3.76. The largest absolute Gasteiger partial charge is 0.497 e. The molecule has 0 amide bonds. The molecule has 4 rings (SSSR count). The summed E-state index contributed by atoms with van der Waals surface area (Å²) in [6, 6.07) is 22.2. The zero-order chi connectivity index (χ0) is 25.5. The number of aromatic nitrogens is 2. The van der Waals surface area contributed by atoms with Crippen molar-refractivity contribution in [2.45, 2.75) is 17.4 Å². The first-order valence-corrected chi connectivity index (χ1v) is 13.2. The van der Waals surface area contributed by atoms with Crippen molar-refractivity contribution in [2.24, 2.45) is 0 Å². The number of nitrogens with one attached hydrogen (secondary N) is 2. The van der Waals surface area contributed by atoms with E-state index >= 15 is 0 Å². The van der Waals surface area contributed by atoms with Crippen molar-refractivity contribution < 1.29 is 17.9 Å². The fraction of sp³-hybridized carbons (Fsp3) is 0.115. The van der Waals surface area contributed by atoms with Gasteiger partial charge in [-0.2, -0.15) is 0 Å². The van der Waals surface area contributed by atoms with Crippen molar-refractivity contribution >= 4 is 43.4 Å². The minimum atomic E-state index is -3.86. The molecule has 0 aliphatic carbocycles. The van der Waals surface area contributed by atoms with Crippen molar-refractivity contribution in [1.29, 1.82) is 0 Å². The summed E-state index contributed by atoms with van der Waals surface area (Å²) in [5.41, 5.74) is 2.12. The topological polar surface area (TPSA) is 110 Å². The summed E-state index contributed by atoms with van der Waals surface area (Å²) in [5.74, 6) is 0.629. The van der Waals surface area contributed by atoms with Gasteiger partial charge in [-0.25, -0.2) is 23.1 Å². The van der Waals surface area contributed by atoms with Gasteiger partial charge in [0.05, 0.1) is 18.0 Å². The van der Waals surface area contributed by atoms with Crippen LogP contribution in [-0.2, 0) is 10.0 Å². The average molecular weight is 567 g/mol. The molecule has 0 bridgehead atoms. The van der Waals surface area contributed by atoms with Gasteiger partial charge in [-0.15, -0.1) is 0 Å². The van der Waals surface area contributed by atoms with Crippen molar-refractivity contribution in [3.05, 3.63) is 107 Å². The molecule has 0 saturated heterocycles. The number of methoxy groups -OCH3 is 1. The maximum Gasteiger partial charge on any atom is 0.264 e. The molecule has 1 unspecified atom stereocenters. The minimum Gasteiger partial charge on any atom is -0.497 e. The summed E-state index contributed by atoms with van der Waals surface area (Å²) in [7, 11) is -2.27. The van der Waals surface area contributed by atoms with Gasteiger partial charge in [0.1, 0.15) is 5.75 Å². The third kappa shape index (κ3) is 6.46. The molecule has 1 atom stereocenters. The molecule has 0 fully saturated rings. The molecular weight excluding hydrogens is 544 g/mol. The Morgan fingerprint density at radius 1 is 0.972 bits per heavy atom. The molecule has 8 nitrogen and oxygen atoms in total. The first-order valence-electron chi connectivity index (χ1n) is 10.9. The van der Waals surface area contributed by atoms with Crippen LogP contribution >= 0.6 is 15.9 Å². The van der Waals surface area contributed by atoms with E-state index in [9.17, 15) is 13.2 Å². The Morgan fingerprint density at radius 2 is 1.67 bits per heavy atom. The normalized spacial score (nSPS) is 11.9. The summed E-state index contributed by atoms with van der Waals surface area (Å²) < 4.78 is 34.0. The summed E-state index contributed by atoms with van der Waals surface area (Å²) in [4.78, 5) is 20.9. The number of benzene rings is 3. The Labute approximate surface area is 218 Å². The number of rotatable bonds is 10. The van der Waals surface area contributed by atoms with E-state index in [1.54, 1.807) is 37.4 Å². The molecule has 184 valence electrons. The number of nitrogens with zero attached hydrogens (tertiary/aromatic N) is 2. The van der Waals surface area contributed by atoms with Gasteiger partial charge < -0.3 is 10.1 Å². The lowest BCUT2D eigenvalue weighted by molar-refractivity contribution is 0.0976. The van der Waals surface area contributed by atoms with Crippen molar-refractivity contribution in [3.8, 4) is 5.75 Å².